The van der Waals surface area contributed by atoms with E-state index in [9.17, 15) is 21.6 Å². The minimum Gasteiger partial charge on any atom is -0.379 e. The number of fused-ring (bicyclic) bond motifs is 1. The van der Waals surface area contributed by atoms with Gasteiger partial charge in [0.15, 0.2) is 0 Å². The van der Waals surface area contributed by atoms with Gasteiger partial charge in [-0.25, -0.2) is 0 Å². The first kappa shape index (κ1) is 21.6. The summed E-state index contributed by atoms with van der Waals surface area (Å²) in [5, 5.41) is 0. The van der Waals surface area contributed by atoms with Gasteiger partial charge < -0.3 is 4.74 Å². The van der Waals surface area contributed by atoms with Gasteiger partial charge in [0.2, 0.25) is 0 Å². The molecule has 1 aromatic rings. The number of nitrogens with one attached hydrogen (secondary N) is 1. The average molecular weight is 460 g/mol. The van der Waals surface area contributed by atoms with Gasteiger partial charge in [-0.15, -0.1) is 0 Å². The van der Waals surface area contributed by atoms with Crippen molar-refractivity contribution >= 4 is 10.2 Å². The van der Waals surface area contributed by atoms with Crippen molar-refractivity contribution in [3.8, 4) is 0 Å². The first-order valence-electron chi connectivity index (χ1n) is 10.9. The third-order valence-corrected chi connectivity index (χ3v) is 9.06. The molecule has 1 spiro atoms. The number of morpholine rings is 1. The topological polar surface area (TPSA) is 61.9 Å². The highest BCUT2D eigenvalue weighted by Gasteiger charge is 2.60. The van der Waals surface area contributed by atoms with Crippen molar-refractivity contribution in [2.24, 2.45) is 11.8 Å². The van der Waals surface area contributed by atoms with Crippen molar-refractivity contribution < 1.29 is 26.3 Å². The molecule has 1 aromatic carbocycles. The van der Waals surface area contributed by atoms with Gasteiger partial charge >= 0.3 is 6.18 Å². The molecule has 3 fully saturated rings. The Kier molecular flexibility index (Phi) is 5.37. The second kappa shape index (κ2) is 7.69. The molecular weight excluding hydrogens is 431 g/mol. The van der Waals surface area contributed by atoms with Gasteiger partial charge in [-0.2, -0.15) is 30.6 Å². The lowest BCUT2D eigenvalue weighted by Crippen LogP contribution is -2.52. The van der Waals surface area contributed by atoms with Gasteiger partial charge in [0.25, 0.3) is 10.2 Å². The van der Waals surface area contributed by atoms with Crippen molar-refractivity contribution in [1.82, 2.24) is 13.9 Å². The molecule has 0 amide bonds. The number of ether oxygens (including phenoxy) is 1. The molecular formula is C21H28F3N3O3S. The first-order valence-corrected chi connectivity index (χ1v) is 12.4. The lowest BCUT2D eigenvalue weighted by Gasteiger charge is -2.33. The van der Waals surface area contributed by atoms with Gasteiger partial charge in [-0.1, -0.05) is 18.2 Å². The minimum atomic E-state index is -4.55. The molecule has 1 saturated carbocycles. The minimum absolute atomic E-state index is 0.00500. The van der Waals surface area contributed by atoms with E-state index in [0.29, 0.717) is 17.1 Å². The van der Waals surface area contributed by atoms with Crippen LogP contribution in [-0.4, -0.2) is 68.7 Å². The van der Waals surface area contributed by atoms with Crippen LogP contribution >= 0.6 is 0 Å². The number of hydrogen-bond donors (Lipinski definition) is 1. The number of nitrogens with zero attached hydrogens (tertiary/aromatic N) is 2. The molecule has 2 bridgehead atoms. The zero-order chi connectivity index (χ0) is 21.9. The largest absolute Gasteiger partial charge is 0.402 e. The first-order chi connectivity index (χ1) is 14.6. The summed E-state index contributed by atoms with van der Waals surface area (Å²) >= 11 is 0. The predicted molar refractivity (Wildman–Crippen MR) is 109 cm³/mol. The molecule has 2 saturated heterocycles. The van der Waals surface area contributed by atoms with E-state index in [1.54, 1.807) is 0 Å². The second-order valence-electron chi connectivity index (χ2n) is 9.40. The lowest BCUT2D eigenvalue weighted by atomic mass is 9.79. The Morgan fingerprint density at radius 3 is 2.45 bits per heavy atom. The van der Waals surface area contributed by atoms with Gasteiger partial charge in [0.1, 0.15) is 6.54 Å². The van der Waals surface area contributed by atoms with E-state index in [2.05, 4.69) is 27.8 Å². The average Bonchev–Trinajstić information content (AvgIpc) is 3.07. The molecule has 5 rings (SSSR count). The molecule has 10 heteroatoms. The SMILES string of the molecule is O=S1(=O)N[C@@]2(CN1CC(F)(F)F)[C@@H]1CC[C@H]2Cc2ccc(CN3CCOCC3)cc2C1. The van der Waals surface area contributed by atoms with Crippen LogP contribution in [-0.2, 0) is 34.3 Å². The fraction of sp³-hybridized carbons (Fsp3) is 0.714. The van der Waals surface area contributed by atoms with E-state index >= 15 is 0 Å². The molecule has 6 nitrogen and oxygen atoms in total. The van der Waals surface area contributed by atoms with Crippen molar-refractivity contribution in [3.63, 3.8) is 0 Å². The molecule has 2 heterocycles. The Bertz CT molecular complexity index is 949. The van der Waals surface area contributed by atoms with Crippen LogP contribution in [0.1, 0.15) is 29.5 Å². The molecule has 0 aromatic heterocycles. The van der Waals surface area contributed by atoms with Crippen LogP contribution in [0.25, 0.3) is 0 Å². The van der Waals surface area contributed by atoms with Gasteiger partial charge in [-0.05, 0) is 54.2 Å². The van der Waals surface area contributed by atoms with Crippen LogP contribution in [0.2, 0.25) is 0 Å². The Morgan fingerprint density at radius 2 is 1.77 bits per heavy atom. The van der Waals surface area contributed by atoms with E-state index in [-0.39, 0.29) is 18.4 Å². The molecule has 0 unspecified atom stereocenters. The van der Waals surface area contributed by atoms with Crippen LogP contribution in [0.4, 0.5) is 13.2 Å². The Hall–Kier alpha value is -1.20. The van der Waals surface area contributed by atoms with Crippen LogP contribution < -0.4 is 4.72 Å². The Morgan fingerprint density at radius 1 is 1.10 bits per heavy atom. The van der Waals surface area contributed by atoms with Crippen LogP contribution in [0.15, 0.2) is 18.2 Å². The molecule has 2 aliphatic carbocycles. The summed E-state index contributed by atoms with van der Waals surface area (Å²) in [6.07, 6.45) is -1.49. The summed E-state index contributed by atoms with van der Waals surface area (Å²) in [7, 11) is -4.14. The smallest absolute Gasteiger partial charge is 0.379 e. The standard InChI is InChI=1S/C21H28F3N3O3S/c22-21(23,24)14-27-13-20(25-31(27,28)29)18-3-4-19(20)11-17-9-15(1-2-16(17)10-18)12-26-5-7-30-8-6-26/h1-2,9,18-19,25H,3-8,10-14H2/t18-,19+,20+/m0/s1. The second-order valence-corrected chi connectivity index (χ2v) is 11.1. The summed E-state index contributed by atoms with van der Waals surface area (Å²) < 4.78 is 72.9. The van der Waals surface area contributed by atoms with E-state index in [1.807, 2.05) is 0 Å². The van der Waals surface area contributed by atoms with Crippen molar-refractivity contribution in [2.75, 3.05) is 39.4 Å². The quantitative estimate of drug-likeness (QED) is 0.752. The summed E-state index contributed by atoms with van der Waals surface area (Å²) in [6.45, 7) is 2.61. The molecule has 1 N–H and O–H groups in total. The zero-order valence-corrected chi connectivity index (χ0v) is 18.1. The van der Waals surface area contributed by atoms with Crippen LogP contribution in [0.5, 0.6) is 0 Å². The number of benzene rings is 1. The molecule has 3 atom stereocenters. The maximum Gasteiger partial charge on any atom is 0.402 e. The highest BCUT2D eigenvalue weighted by Crippen LogP contribution is 2.50. The van der Waals surface area contributed by atoms with E-state index in [0.717, 1.165) is 45.7 Å². The normalized spacial score (nSPS) is 33.5. The summed E-state index contributed by atoms with van der Waals surface area (Å²) in [6, 6.07) is 6.49. The van der Waals surface area contributed by atoms with Gasteiger partial charge in [-0.3, -0.25) is 4.90 Å². The Labute approximate surface area is 180 Å². The fourth-order valence-electron chi connectivity index (χ4n) is 6.01. The summed E-state index contributed by atoms with van der Waals surface area (Å²) in [5.74, 6) is 0.0160. The fourth-order valence-corrected chi connectivity index (χ4v) is 7.72. The van der Waals surface area contributed by atoms with E-state index in [4.69, 9.17) is 4.74 Å². The van der Waals surface area contributed by atoms with Crippen LogP contribution in [0.3, 0.4) is 0 Å². The molecule has 0 radical (unpaired) electrons. The monoisotopic (exact) mass is 459 g/mol. The van der Waals surface area contributed by atoms with Crippen LogP contribution in [0, 0.1) is 11.8 Å². The summed E-state index contributed by atoms with van der Waals surface area (Å²) in [5.41, 5.74) is 2.82. The van der Waals surface area contributed by atoms with E-state index < -0.39 is 28.5 Å². The Balaban J connectivity index is 1.39. The van der Waals surface area contributed by atoms with Gasteiger partial charge in [0.05, 0.1) is 18.8 Å². The highest BCUT2D eigenvalue weighted by molar-refractivity contribution is 7.87. The highest BCUT2D eigenvalue weighted by atomic mass is 32.2. The zero-order valence-electron chi connectivity index (χ0n) is 17.3. The molecule has 2 aliphatic heterocycles. The van der Waals surface area contributed by atoms with E-state index in [1.165, 1.54) is 16.7 Å². The third kappa shape index (κ3) is 4.13. The van der Waals surface area contributed by atoms with Crippen molar-refractivity contribution in [2.45, 2.75) is 43.9 Å². The van der Waals surface area contributed by atoms with Crippen molar-refractivity contribution in [1.29, 1.82) is 0 Å². The number of rotatable bonds is 3. The number of hydrogen-bond acceptors (Lipinski definition) is 4. The molecule has 172 valence electrons. The lowest BCUT2D eigenvalue weighted by molar-refractivity contribution is -0.136. The molecule has 4 aliphatic rings. The summed E-state index contributed by atoms with van der Waals surface area (Å²) in [4.78, 5) is 2.36. The maximum absolute atomic E-state index is 13.0. The maximum atomic E-state index is 13.0. The predicted octanol–water partition coefficient (Wildman–Crippen LogP) is 2.09. The third-order valence-electron chi connectivity index (χ3n) is 7.49. The number of alkyl halides is 3. The van der Waals surface area contributed by atoms with Gasteiger partial charge in [0, 0.05) is 26.2 Å². The molecule has 31 heavy (non-hydrogen) atoms. The number of halogens is 3. The van der Waals surface area contributed by atoms with Crippen molar-refractivity contribution in [3.05, 3.63) is 34.9 Å².